The molecule has 2 amide bonds. The number of nitrogens with one attached hydrogen (secondary N) is 3. The molecule has 5 nitrogen and oxygen atoms in total. The van der Waals surface area contributed by atoms with Crippen LogP contribution in [0.2, 0.25) is 0 Å². The lowest BCUT2D eigenvalue weighted by Crippen LogP contribution is -2.51. The van der Waals surface area contributed by atoms with E-state index >= 15 is 0 Å². The zero-order chi connectivity index (χ0) is 16.2. The van der Waals surface area contributed by atoms with Gasteiger partial charge in [0.2, 0.25) is 0 Å². The second kappa shape index (κ2) is 7.27. The zero-order valence-electron chi connectivity index (χ0n) is 13.5. The number of hydrazine groups is 1. The monoisotopic (exact) mass is 320 g/mol. The Kier molecular flexibility index (Phi) is 5.13. The van der Waals surface area contributed by atoms with Crippen molar-refractivity contribution in [1.82, 2.24) is 21.1 Å². The number of carbonyl (C=O) groups excluding carboxylic acids is 1. The van der Waals surface area contributed by atoms with Crippen molar-refractivity contribution in [2.45, 2.75) is 38.3 Å². The van der Waals surface area contributed by atoms with Gasteiger partial charge < -0.3 is 10.2 Å². The Balaban J connectivity index is 1.66. The van der Waals surface area contributed by atoms with Gasteiger partial charge >= 0.3 is 6.03 Å². The summed E-state index contributed by atoms with van der Waals surface area (Å²) in [7, 11) is 0. The van der Waals surface area contributed by atoms with E-state index in [1.807, 2.05) is 17.0 Å². The standard InChI is InChI=1S/C17H25FN4O/c1-2-3-9-19-17(23)22-10-8-15-13(11-22)16(21-20-15)12-6-4-5-7-14(12)18/h4-7,13,15-16,20-21H,2-3,8-11H2,1H3,(H,19,23). The van der Waals surface area contributed by atoms with Crippen LogP contribution in [-0.2, 0) is 0 Å². The number of likely N-dealkylation sites (tertiary alicyclic amines) is 1. The summed E-state index contributed by atoms with van der Waals surface area (Å²) in [6.07, 6.45) is 2.94. The Labute approximate surface area is 136 Å². The lowest BCUT2D eigenvalue weighted by molar-refractivity contribution is 0.154. The number of urea groups is 1. The molecule has 1 aromatic carbocycles. The third-order valence-electron chi connectivity index (χ3n) is 4.84. The quantitative estimate of drug-likeness (QED) is 0.745. The summed E-state index contributed by atoms with van der Waals surface area (Å²) in [6, 6.07) is 7.03. The molecule has 0 aromatic heterocycles. The van der Waals surface area contributed by atoms with Crippen LogP contribution >= 0.6 is 0 Å². The Morgan fingerprint density at radius 3 is 3.00 bits per heavy atom. The summed E-state index contributed by atoms with van der Waals surface area (Å²) < 4.78 is 14.1. The number of hydrogen-bond donors (Lipinski definition) is 3. The van der Waals surface area contributed by atoms with E-state index in [-0.39, 0.29) is 29.8 Å². The Morgan fingerprint density at radius 2 is 2.22 bits per heavy atom. The second-order valence-corrected chi connectivity index (χ2v) is 6.38. The van der Waals surface area contributed by atoms with Gasteiger partial charge in [0.05, 0.1) is 6.04 Å². The highest BCUT2D eigenvalue weighted by Gasteiger charge is 2.42. The molecule has 0 aliphatic carbocycles. The van der Waals surface area contributed by atoms with Crippen LogP contribution < -0.4 is 16.2 Å². The van der Waals surface area contributed by atoms with E-state index in [0.29, 0.717) is 18.7 Å². The maximum atomic E-state index is 14.1. The zero-order valence-corrected chi connectivity index (χ0v) is 13.5. The summed E-state index contributed by atoms with van der Waals surface area (Å²) in [5.74, 6) is -0.0189. The maximum Gasteiger partial charge on any atom is 0.317 e. The molecule has 0 spiro atoms. The number of hydrogen-bond acceptors (Lipinski definition) is 3. The number of nitrogens with zero attached hydrogens (tertiary/aromatic N) is 1. The van der Waals surface area contributed by atoms with E-state index in [4.69, 9.17) is 0 Å². The SMILES string of the molecule is CCCCNC(=O)N1CCC2NNC(c3ccccc3F)C2C1. The van der Waals surface area contributed by atoms with Crippen molar-refractivity contribution >= 4 is 6.03 Å². The molecule has 126 valence electrons. The van der Waals surface area contributed by atoms with Crippen molar-refractivity contribution < 1.29 is 9.18 Å². The Morgan fingerprint density at radius 1 is 1.39 bits per heavy atom. The van der Waals surface area contributed by atoms with Gasteiger partial charge in [-0.05, 0) is 18.9 Å². The largest absolute Gasteiger partial charge is 0.338 e. The van der Waals surface area contributed by atoms with Gasteiger partial charge in [0.15, 0.2) is 0 Å². The molecule has 3 atom stereocenters. The molecule has 1 aromatic rings. The van der Waals surface area contributed by atoms with E-state index in [1.165, 1.54) is 6.07 Å². The molecule has 3 rings (SSSR count). The minimum atomic E-state index is -0.197. The molecular weight excluding hydrogens is 295 g/mol. The van der Waals surface area contributed by atoms with Crippen LogP contribution in [0.5, 0.6) is 0 Å². The van der Waals surface area contributed by atoms with Crippen LogP contribution in [0, 0.1) is 11.7 Å². The first-order valence-electron chi connectivity index (χ1n) is 8.49. The highest BCUT2D eigenvalue weighted by Crippen LogP contribution is 2.34. The predicted octanol–water partition coefficient (Wildman–Crippen LogP) is 2.17. The van der Waals surface area contributed by atoms with Gasteiger partial charge in [0, 0.05) is 37.2 Å². The van der Waals surface area contributed by atoms with E-state index in [1.54, 1.807) is 6.07 Å². The summed E-state index contributed by atoms with van der Waals surface area (Å²) in [4.78, 5) is 14.1. The van der Waals surface area contributed by atoms with Crippen molar-refractivity contribution in [3.63, 3.8) is 0 Å². The molecule has 2 saturated heterocycles. The fourth-order valence-electron chi connectivity index (χ4n) is 3.51. The molecule has 0 bridgehead atoms. The van der Waals surface area contributed by atoms with Gasteiger partial charge in [0.1, 0.15) is 5.82 Å². The van der Waals surface area contributed by atoms with Gasteiger partial charge in [-0.1, -0.05) is 31.5 Å². The molecule has 23 heavy (non-hydrogen) atoms. The van der Waals surface area contributed by atoms with Crippen molar-refractivity contribution in [2.75, 3.05) is 19.6 Å². The third kappa shape index (κ3) is 3.48. The number of fused-ring (bicyclic) bond motifs is 1. The van der Waals surface area contributed by atoms with Gasteiger partial charge in [-0.2, -0.15) is 0 Å². The van der Waals surface area contributed by atoms with E-state index < -0.39 is 0 Å². The minimum absolute atomic E-state index is 0.00363. The third-order valence-corrected chi connectivity index (χ3v) is 4.84. The molecule has 3 unspecified atom stereocenters. The predicted molar refractivity (Wildman–Crippen MR) is 87.2 cm³/mol. The van der Waals surface area contributed by atoms with Crippen LogP contribution in [0.1, 0.15) is 37.8 Å². The van der Waals surface area contributed by atoms with Crippen LogP contribution in [0.3, 0.4) is 0 Å². The maximum absolute atomic E-state index is 14.1. The summed E-state index contributed by atoms with van der Waals surface area (Å²) >= 11 is 0. The molecule has 2 aliphatic rings. The molecule has 2 fully saturated rings. The van der Waals surface area contributed by atoms with E-state index in [2.05, 4.69) is 23.1 Å². The summed E-state index contributed by atoms with van der Waals surface area (Å²) in [5.41, 5.74) is 7.16. The topological polar surface area (TPSA) is 56.4 Å². The van der Waals surface area contributed by atoms with Crippen LogP contribution in [-0.4, -0.2) is 36.6 Å². The van der Waals surface area contributed by atoms with Gasteiger partial charge in [0.25, 0.3) is 0 Å². The number of carbonyl (C=O) groups is 1. The number of rotatable bonds is 4. The average Bonchev–Trinajstić information content (AvgIpc) is 2.98. The van der Waals surface area contributed by atoms with E-state index in [0.717, 1.165) is 25.8 Å². The highest BCUT2D eigenvalue weighted by atomic mass is 19.1. The van der Waals surface area contributed by atoms with E-state index in [9.17, 15) is 9.18 Å². The van der Waals surface area contributed by atoms with Crippen LogP contribution in [0.4, 0.5) is 9.18 Å². The van der Waals surface area contributed by atoms with Crippen molar-refractivity contribution in [1.29, 1.82) is 0 Å². The smallest absolute Gasteiger partial charge is 0.317 e. The van der Waals surface area contributed by atoms with Crippen LogP contribution in [0.15, 0.2) is 24.3 Å². The summed E-state index contributed by atoms with van der Waals surface area (Å²) in [6.45, 7) is 4.19. The summed E-state index contributed by atoms with van der Waals surface area (Å²) in [5, 5.41) is 2.97. The molecular formula is C17H25FN4O. The lowest BCUT2D eigenvalue weighted by atomic mass is 9.85. The highest BCUT2D eigenvalue weighted by molar-refractivity contribution is 5.74. The molecule has 3 N–H and O–H groups in total. The molecule has 0 saturated carbocycles. The number of halogens is 1. The van der Waals surface area contributed by atoms with Crippen molar-refractivity contribution in [3.05, 3.63) is 35.6 Å². The Hall–Kier alpha value is -1.66. The first-order chi connectivity index (χ1) is 11.2. The number of benzene rings is 1. The average molecular weight is 320 g/mol. The van der Waals surface area contributed by atoms with Gasteiger partial charge in [-0.25, -0.2) is 14.6 Å². The van der Waals surface area contributed by atoms with Gasteiger partial charge in [-0.15, -0.1) is 0 Å². The minimum Gasteiger partial charge on any atom is -0.338 e. The number of unbranched alkanes of at least 4 members (excludes halogenated alkanes) is 1. The second-order valence-electron chi connectivity index (χ2n) is 6.38. The van der Waals surface area contributed by atoms with Crippen molar-refractivity contribution in [3.8, 4) is 0 Å². The molecule has 0 radical (unpaired) electrons. The van der Waals surface area contributed by atoms with Crippen molar-refractivity contribution in [2.24, 2.45) is 5.92 Å². The fraction of sp³-hybridized carbons (Fsp3) is 0.588. The molecule has 6 heteroatoms. The van der Waals surface area contributed by atoms with Gasteiger partial charge in [-0.3, -0.25) is 5.43 Å². The Bertz CT molecular complexity index is 553. The first-order valence-corrected chi connectivity index (χ1v) is 8.49. The first kappa shape index (κ1) is 16.2. The fourth-order valence-corrected chi connectivity index (χ4v) is 3.51. The molecule has 2 heterocycles. The number of amides is 2. The molecule has 2 aliphatic heterocycles. The number of piperidine rings is 1. The normalized spacial score (nSPS) is 26.9. The lowest BCUT2D eigenvalue weighted by Gasteiger charge is -2.36. The van der Waals surface area contributed by atoms with Crippen LogP contribution in [0.25, 0.3) is 0 Å².